The van der Waals surface area contributed by atoms with Gasteiger partial charge in [-0.1, -0.05) is 30.3 Å². The molecule has 1 heterocycles. The normalized spacial score (nSPS) is 25.8. The fourth-order valence-corrected chi connectivity index (χ4v) is 1.78. The lowest BCUT2D eigenvalue weighted by atomic mass is 9.88. The molecule has 1 aliphatic rings. The zero-order chi connectivity index (χ0) is 9.86. The van der Waals surface area contributed by atoms with Gasteiger partial charge in [0.05, 0.1) is 12.9 Å². The summed E-state index contributed by atoms with van der Waals surface area (Å²) >= 11 is 0. The third kappa shape index (κ3) is 1.53. The van der Waals surface area contributed by atoms with Crippen molar-refractivity contribution in [3.8, 4) is 0 Å². The smallest absolute Gasteiger partial charge is 0.156 e. The highest BCUT2D eigenvalue weighted by molar-refractivity contribution is 5.24. The van der Waals surface area contributed by atoms with E-state index in [-0.39, 0.29) is 6.61 Å². The molecule has 2 rings (SSSR count). The minimum Gasteiger partial charge on any atom is -0.488 e. The van der Waals surface area contributed by atoms with Crippen LogP contribution in [0, 0.1) is 0 Å². The molecule has 0 spiro atoms. The van der Waals surface area contributed by atoms with Crippen molar-refractivity contribution in [2.75, 3.05) is 6.61 Å². The predicted molar refractivity (Wildman–Crippen MR) is 54.7 cm³/mol. The Bertz CT molecular complexity index is 318. The Balaban J connectivity index is 2.33. The quantitative estimate of drug-likeness (QED) is 0.774. The minimum atomic E-state index is -0.518. The highest BCUT2D eigenvalue weighted by Crippen LogP contribution is 2.33. The summed E-state index contributed by atoms with van der Waals surface area (Å²) in [6.45, 7) is 0.0291. The number of ether oxygens (including phenoxy) is 1. The van der Waals surface area contributed by atoms with Crippen molar-refractivity contribution in [3.05, 3.63) is 48.2 Å². The first-order chi connectivity index (χ1) is 6.87. The summed E-state index contributed by atoms with van der Waals surface area (Å²) in [6, 6.07) is 9.89. The molecule has 0 bridgehead atoms. The number of allylic oxidation sites excluding steroid dienone is 1. The summed E-state index contributed by atoms with van der Waals surface area (Å²) in [7, 11) is 0. The molecule has 1 unspecified atom stereocenters. The van der Waals surface area contributed by atoms with Crippen LogP contribution in [0.15, 0.2) is 42.7 Å². The van der Waals surface area contributed by atoms with Crippen LogP contribution in [0.2, 0.25) is 0 Å². The Kier molecular flexibility index (Phi) is 2.55. The Morgan fingerprint density at radius 3 is 2.64 bits per heavy atom. The van der Waals surface area contributed by atoms with E-state index in [9.17, 15) is 5.11 Å². The van der Waals surface area contributed by atoms with Crippen LogP contribution in [0.5, 0.6) is 0 Å². The highest BCUT2D eigenvalue weighted by Gasteiger charge is 2.33. The van der Waals surface area contributed by atoms with Crippen molar-refractivity contribution in [3.63, 3.8) is 0 Å². The van der Waals surface area contributed by atoms with Crippen molar-refractivity contribution in [2.24, 2.45) is 0 Å². The highest BCUT2D eigenvalue weighted by atomic mass is 16.5. The molecule has 0 aromatic heterocycles. The summed E-state index contributed by atoms with van der Waals surface area (Å²) in [5.41, 5.74) is 0.530. The van der Waals surface area contributed by atoms with Gasteiger partial charge in [-0.3, -0.25) is 0 Å². The zero-order valence-electron chi connectivity index (χ0n) is 8.02. The van der Waals surface area contributed by atoms with Gasteiger partial charge in [-0.15, -0.1) is 0 Å². The molecule has 0 radical (unpaired) electrons. The van der Waals surface area contributed by atoms with Crippen LogP contribution in [0.3, 0.4) is 0 Å². The van der Waals surface area contributed by atoms with Crippen molar-refractivity contribution >= 4 is 0 Å². The molecule has 0 saturated carbocycles. The second-order valence-electron chi connectivity index (χ2n) is 3.55. The third-order valence-corrected chi connectivity index (χ3v) is 2.66. The molecule has 0 saturated heterocycles. The second-order valence-corrected chi connectivity index (χ2v) is 3.55. The van der Waals surface area contributed by atoms with Crippen LogP contribution in [0.25, 0.3) is 0 Å². The molecular weight excluding hydrogens is 176 g/mol. The summed E-state index contributed by atoms with van der Waals surface area (Å²) in [6.07, 6.45) is 5.46. The molecule has 1 aromatic carbocycles. The van der Waals surface area contributed by atoms with Crippen molar-refractivity contribution < 1.29 is 9.84 Å². The molecule has 2 nitrogen and oxygen atoms in total. The Morgan fingerprint density at radius 2 is 2.07 bits per heavy atom. The van der Waals surface area contributed by atoms with Crippen LogP contribution in [-0.4, -0.2) is 11.7 Å². The monoisotopic (exact) mass is 190 g/mol. The maximum absolute atomic E-state index is 9.44. The minimum absolute atomic E-state index is 0.0291. The van der Waals surface area contributed by atoms with Crippen molar-refractivity contribution in [1.29, 1.82) is 0 Å². The lowest BCUT2D eigenvalue weighted by Crippen LogP contribution is -2.33. The van der Waals surface area contributed by atoms with Gasteiger partial charge in [0.2, 0.25) is 0 Å². The van der Waals surface area contributed by atoms with Gasteiger partial charge in [-0.05, 0) is 24.5 Å². The van der Waals surface area contributed by atoms with Crippen LogP contribution < -0.4 is 0 Å². The predicted octanol–water partition coefficient (Wildman–Crippen LogP) is 2.20. The van der Waals surface area contributed by atoms with E-state index in [4.69, 9.17) is 4.74 Å². The Hall–Kier alpha value is -1.28. The van der Waals surface area contributed by atoms with Gasteiger partial charge in [0, 0.05) is 0 Å². The van der Waals surface area contributed by atoms with E-state index in [1.165, 1.54) is 0 Å². The van der Waals surface area contributed by atoms with E-state index in [0.29, 0.717) is 0 Å². The van der Waals surface area contributed by atoms with Gasteiger partial charge in [-0.2, -0.15) is 0 Å². The van der Waals surface area contributed by atoms with Gasteiger partial charge in [0.25, 0.3) is 0 Å². The molecule has 2 heteroatoms. The summed E-state index contributed by atoms with van der Waals surface area (Å²) in [5.74, 6) is 0. The average molecular weight is 190 g/mol. The number of benzene rings is 1. The fraction of sp³-hybridized carbons (Fsp3) is 0.333. The molecule has 1 N–H and O–H groups in total. The molecule has 0 amide bonds. The van der Waals surface area contributed by atoms with Crippen molar-refractivity contribution in [2.45, 2.75) is 18.4 Å². The Labute approximate surface area is 83.8 Å². The molecule has 0 aliphatic carbocycles. The van der Waals surface area contributed by atoms with Gasteiger partial charge in [0.15, 0.2) is 5.60 Å². The lowest BCUT2D eigenvalue weighted by Gasteiger charge is -2.33. The maximum Gasteiger partial charge on any atom is 0.156 e. The molecular formula is C12H14O2. The Morgan fingerprint density at radius 1 is 1.29 bits per heavy atom. The number of hydrogen-bond acceptors (Lipinski definition) is 2. The average Bonchev–Trinajstić information content (AvgIpc) is 2.31. The zero-order valence-corrected chi connectivity index (χ0v) is 8.02. The van der Waals surface area contributed by atoms with Crippen LogP contribution in [0.4, 0.5) is 0 Å². The largest absolute Gasteiger partial charge is 0.488 e. The molecule has 1 atom stereocenters. The SMILES string of the molecule is OCC1(c2ccccc2)CCC=CO1. The first-order valence-electron chi connectivity index (χ1n) is 4.87. The first kappa shape index (κ1) is 9.28. The topological polar surface area (TPSA) is 29.5 Å². The fourth-order valence-electron chi connectivity index (χ4n) is 1.78. The summed E-state index contributed by atoms with van der Waals surface area (Å²) in [5, 5.41) is 9.44. The molecule has 14 heavy (non-hydrogen) atoms. The van der Waals surface area contributed by atoms with Gasteiger partial charge >= 0.3 is 0 Å². The lowest BCUT2D eigenvalue weighted by molar-refractivity contribution is -0.0458. The van der Waals surface area contributed by atoms with E-state index in [1.54, 1.807) is 6.26 Å². The number of hydrogen-bond donors (Lipinski definition) is 1. The maximum atomic E-state index is 9.44. The van der Waals surface area contributed by atoms with Crippen molar-refractivity contribution in [1.82, 2.24) is 0 Å². The van der Waals surface area contributed by atoms with Gasteiger partial charge < -0.3 is 9.84 Å². The number of aliphatic hydroxyl groups excluding tert-OH is 1. The summed E-state index contributed by atoms with van der Waals surface area (Å²) in [4.78, 5) is 0. The van der Waals surface area contributed by atoms with Crippen LogP contribution in [-0.2, 0) is 10.3 Å². The van der Waals surface area contributed by atoms with Gasteiger partial charge in [-0.25, -0.2) is 0 Å². The third-order valence-electron chi connectivity index (χ3n) is 2.66. The van der Waals surface area contributed by atoms with Gasteiger partial charge in [0.1, 0.15) is 0 Å². The second kappa shape index (κ2) is 3.84. The number of aliphatic hydroxyl groups is 1. The molecule has 1 aromatic rings. The molecule has 74 valence electrons. The van der Waals surface area contributed by atoms with E-state index in [1.807, 2.05) is 36.4 Å². The summed E-state index contributed by atoms with van der Waals surface area (Å²) < 4.78 is 5.57. The van der Waals surface area contributed by atoms with E-state index >= 15 is 0 Å². The first-order valence-corrected chi connectivity index (χ1v) is 4.87. The van der Waals surface area contributed by atoms with Crippen LogP contribution >= 0.6 is 0 Å². The molecule has 0 fully saturated rings. The van der Waals surface area contributed by atoms with Crippen LogP contribution in [0.1, 0.15) is 18.4 Å². The van der Waals surface area contributed by atoms with E-state index < -0.39 is 5.60 Å². The van der Waals surface area contributed by atoms with E-state index in [0.717, 1.165) is 18.4 Å². The van der Waals surface area contributed by atoms with E-state index in [2.05, 4.69) is 0 Å². The number of rotatable bonds is 2. The molecule has 1 aliphatic heterocycles. The standard InChI is InChI=1S/C12H14O2/c13-10-12(8-4-5-9-14-12)11-6-2-1-3-7-11/h1-3,5-7,9,13H,4,8,10H2.